The van der Waals surface area contributed by atoms with Crippen molar-refractivity contribution in [2.75, 3.05) is 0 Å². The summed E-state index contributed by atoms with van der Waals surface area (Å²) in [6.45, 7) is 0.389. The van der Waals surface area contributed by atoms with Crippen molar-refractivity contribution in [3.63, 3.8) is 0 Å². The Morgan fingerprint density at radius 2 is 1.77 bits per heavy atom. The maximum atomic E-state index is 6.31. The Bertz CT molecular complexity index is 782. The Hall–Kier alpha value is -1.81. The van der Waals surface area contributed by atoms with Gasteiger partial charge in [-0.1, -0.05) is 53.5 Å². The van der Waals surface area contributed by atoms with E-state index in [9.17, 15) is 0 Å². The summed E-state index contributed by atoms with van der Waals surface area (Å²) < 4.78 is 1.84. The number of aromatic nitrogens is 2. The third-order valence-corrected chi connectivity index (χ3v) is 3.95. The van der Waals surface area contributed by atoms with Crippen LogP contribution in [0.2, 0.25) is 10.0 Å². The van der Waals surface area contributed by atoms with Crippen molar-refractivity contribution in [1.82, 2.24) is 9.78 Å². The van der Waals surface area contributed by atoms with Gasteiger partial charge in [0.15, 0.2) is 0 Å². The molecule has 3 nitrogen and oxygen atoms in total. The molecule has 0 bridgehead atoms. The van der Waals surface area contributed by atoms with Crippen molar-refractivity contribution in [3.8, 4) is 5.69 Å². The summed E-state index contributed by atoms with van der Waals surface area (Å²) in [7, 11) is 0. The molecular weight excluding hydrogens is 317 g/mol. The molecule has 0 aliphatic heterocycles. The zero-order valence-corrected chi connectivity index (χ0v) is 13.3. The second kappa shape index (κ2) is 6.53. The number of rotatable bonds is 4. The van der Waals surface area contributed by atoms with Gasteiger partial charge in [-0.15, -0.1) is 0 Å². The van der Waals surface area contributed by atoms with Gasteiger partial charge in [0.2, 0.25) is 0 Å². The first-order chi connectivity index (χ1) is 10.7. The fourth-order valence-corrected chi connectivity index (χ4v) is 2.86. The molecule has 1 heterocycles. The van der Waals surface area contributed by atoms with Crippen LogP contribution in [0, 0.1) is 0 Å². The number of nitrogens with zero attached hydrogens (tertiary/aromatic N) is 2. The largest absolute Gasteiger partial charge is 0.325 e. The van der Waals surface area contributed by atoms with Gasteiger partial charge in [-0.25, -0.2) is 4.68 Å². The van der Waals surface area contributed by atoms with E-state index in [-0.39, 0.29) is 0 Å². The fourth-order valence-electron chi connectivity index (χ4n) is 2.37. The number of nitrogens with two attached hydrogens (primary N) is 1. The molecule has 0 saturated heterocycles. The van der Waals surface area contributed by atoms with Crippen LogP contribution in [0.15, 0.2) is 54.6 Å². The zero-order chi connectivity index (χ0) is 15.5. The van der Waals surface area contributed by atoms with E-state index in [0.717, 1.165) is 23.5 Å². The maximum absolute atomic E-state index is 6.31. The van der Waals surface area contributed by atoms with Crippen LogP contribution in [-0.4, -0.2) is 9.78 Å². The summed E-state index contributed by atoms with van der Waals surface area (Å²) >= 11 is 12.3. The zero-order valence-electron chi connectivity index (χ0n) is 11.8. The van der Waals surface area contributed by atoms with Gasteiger partial charge >= 0.3 is 0 Å². The van der Waals surface area contributed by atoms with E-state index in [1.54, 1.807) is 12.1 Å². The highest BCUT2D eigenvalue weighted by Gasteiger charge is 2.12. The van der Waals surface area contributed by atoms with Crippen LogP contribution in [0.25, 0.3) is 5.69 Å². The summed E-state index contributed by atoms with van der Waals surface area (Å²) in [5, 5.41) is 5.71. The highest BCUT2D eigenvalue weighted by Crippen LogP contribution is 2.26. The Morgan fingerprint density at radius 1 is 1.00 bits per heavy atom. The first-order valence-electron chi connectivity index (χ1n) is 6.94. The summed E-state index contributed by atoms with van der Waals surface area (Å²) in [4.78, 5) is 0. The number of halogens is 2. The van der Waals surface area contributed by atoms with Crippen molar-refractivity contribution >= 4 is 23.2 Å². The number of benzene rings is 2. The summed E-state index contributed by atoms with van der Waals surface area (Å²) in [5.74, 6) is 0. The van der Waals surface area contributed by atoms with Gasteiger partial charge in [-0.2, -0.15) is 5.10 Å². The van der Waals surface area contributed by atoms with Gasteiger partial charge in [0.25, 0.3) is 0 Å². The molecule has 0 radical (unpaired) electrons. The topological polar surface area (TPSA) is 43.8 Å². The second-order valence-electron chi connectivity index (χ2n) is 5.00. The van der Waals surface area contributed by atoms with E-state index in [1.165, 1.54) is 5.56 Å². The average molecular weight is 332 g/mol. The normalized spacial score (nSPS) is 10.9. The second-order valence-corrected chi connectivity index (χ2v) is 5.84. The van der Waals surface area contributed by atoms with Crippen LogP contribution in [0.5, 0.6) is 0 Å². The minimum absolute atomic E-state index is 0.389. The molecule has 0 aliphatic carbocycles. The van der Waals surface area contributed by atoms with E-state index >= 15 is 0 Å². The lowest BCUT2D eigenvalue weighted by atomic mass is 10.1. The fraction of sp³-hybridized carbons (Fsp3) is 0.118. The van der Waals surface area contributed by atoms with Gasteiger partial charge < -0.3 is 5.73 Å². The summed E-state index contributed by atoms with van der Waals surface area (Å²) in [5.41, 5.74) is 9.61. The van der Waals surface area contributed by atoms with Gasteiger partial charge in [-0.3, -0.25) is 0 Å². The summed E-state index contributed by atoms with van der Waals surface area (Å²) in [6.07, 6.45) is 0.757. The van der Waals surface area contributed by atoms with Crippen LogP contribution < -0.4 is 5.73 Å². The SMILES string of the molecule is NCc1cc(Cc2ccccc2)n(-c2ccc(Cl)cc2Cl)n1. The number of hydrogen-bond acceptors (Lipinski definition) is 2. The van der Waals surface area contributed by atoms with Gasteiger partial charge in [-0.05, 0) is 29.8 Å². The van der Waals surface area contributed by atoms with Crippen molar-refractivity contribution < 1.29 is 0 Å². The average Bonchev–Trinajstić information content (AvgIpc) is 2.91. The molecule has 5 heteroatoms. The monoisotopic (exact) mass is 331 g/mol. The van der Waals surface area contributed by atoms with Gasteiger partial charge in [0, 0.05) is 23.7 Å². The van der Waals surface area contributed by atoms with Crippen LogP contribution in [0.1, 0.15) is 17.0 Å². The van der Waals surface area contributed by atoms with Crippen molar-refractivity contribution in [2.24, 2.45) is 5.73 Å². The lowest BCUT2D eigenvalue weighted by molar-refractivity contribution is 0.797. The quantitative estimate of drug-likeness (QED) is 0.777. The molecule has 0 atom stereocenters. The molecule has 112 valence electrons. The van der Waals surface area contributed by atoms with E-state index in [0.29, 0.717) is 16.6 Å². The third-order valence-electron chi connectivity index (χ3n) is 3.41. The first kappa shape index (κ1) is 15.1. The predicted molar refractivity (Wildman–Crippen MR) is 90.7 cm³/mol. The lowest BCUT2D eigenvalue weighted by Gasteiger charge is -2.09. The van der Waals surface area contributed by atoms with Crippen molar-refractivity contribution in [3.05, 3.63) is 81.6 Å². The first-order valence-corrected chi connectivity index (χ1v) is 7.70. The molecule has 0 fully saturated rings. The smallest absolute Gasteiger partial charge is 0.0836 e. The van der Waals surface area contributed by atoms with E-state index < -0.39 is 0 Å². The molecule has 0 aliphatic rings. The summed E-state index contributed by atoms with van der Waals surface area (Å²) in [6, 6.07) is 17.6. The molecule has 1 aromatic heterocycles. The molecule has 0 amide bonds. The Balaban J connectivity index is 2.05. The van der Waals surface area contributed by atoms with Crippen LogP contribution in [0.4, 0.5) is 0 Å². The Labute approximate surface area is 139 Å². The Morgan fingerprint density at radius 3 is 2.45 bits per heavy atom. The minimum Gasteiger partial charge on any atom is -0.325 e. The standard InChI is InChI=1S/C17H15Cl2N3/c18-13-6-7-17(16(19)9-13)22-15(10-14(11-20)21-22)8-12-4-2-1-3-5-12/h1-7,9-10H,8,11,20H2. The Kier molecular flexibility index (Phi) is 4.48. The molecule has 3 aromatic rings. The van der Waals surface area contributed by atoms with Gasteiger partial charge in [0.05, 0.1) is 16.4 Å². The molecule has 22 heavy (non-hydrogen) atoms. The maximum Gasteiger partial charge on any atom is 0.0836 e. The predicted octanol–water partition coefficient (Wildman–Crippen LogP) is 4.23. The molecule has 2 aromatic carbocycles. The lowest BCUT2D eigenvalue weighted by Crippen LogP contribution is -2.04. The number of hydrogen-bond donors (Lipinski definition) is 1. The minimum atomic E-state index is 0.389. The molecular formula is C17H15Cl2N3. The van der Waals surface area contributed by atoms with E-state index in [4.69, 9.17) is 28.9 Å². The van der Waals surface area contributed by atoms with Crippen LogP contribution >= 0.6 is 23.2 Å². The van der Waals surface area contributed by atoms with Crippen molar-refractivity contribution in [2.45, 2.75) is 13.0 Å². The highest BCUT2D eigenvalue weighted by molar-refractivity contribution is 6.35. The molecule has 0 unspecified atom stereocenters. The molecule has 0 saturated carbocycles. The molecule has 0 spiro atoms. The van der Waals surface area contributed by atoms with Crippen LogP contribution in [-0.2, 0) is 13.0 Å². The van der Waals surface area contributed by atoms with E-state index in [2.05, 4.69) is 17.2 Å². The highest BCUT2D eigenvalue weighted by atomic mass is 35.5. The molecule has 3 rings (SSSR count). The third kappa shape index (κ3) is 3.17. The van der Waals surface area contributed by atoms with Gasteiger partial charge in [0.1, 0.15) is 0 Å². The van der Waals surface area contributed by atoms with Crippen LogP contribution in [0.3, 0.4) is 0 Å². The van der Waals surface area contributed by atoms with E-state index in [1.807, 2.05) is 35.0 Å². The van der Waals surface area contributed by atoms with Crippen molar-refractivity contribution in [1.29, 1.82) is 0 Å². The molecule has 2 N–H and O–H groups in total.